The van der Waals surface area contributed by atoms with Gasteiger partial charge in [-0.2, -0.15) is 0 Å². The highest BCUT2D eigenvalue weighted by atomic mass is 32.1. The molecule has 1 amide bonds. The number of aliphatic carboxylic acids is 1. The lowest BCUT2D eigenvalue weighted by Crippen LogP contribution is -2.46. The molecule has 0 saturated heterocycles. The first-order valence-electron chi connectivity index (χ1n) is 5.64. The normalized spacial score (nSPS) is 14.5. The molecule has 0 aliphatic heterocycles. The zero-order valence-electron chi connectivity index (χ0n) is 10.9. The molecule has 19 heavy (non-hydrogen) atoms. The first-order valence-corrected chi connectivity index (χ1v) is 6.52. The minimum absolute atomic E-state index is 0.462. The van der Waals surface area contributed by atoms with Gasteiger partial charge in [-0.25, -0.2) is 9.59 Å². The van der Waals surface area contributed by atoms with Crippen molar-refractivity contribution in [1.29, 1.82) is 0 Å². The summed E-state index contributed by atoms with van der Waals surface area (Å²) in [5, 5.41) is 22.9. The molecule has 6 nitrogen and oxygen atoms in total. The number of aliphatic hydroxyl groups excluding tert-OH is 1. The van der Waals surface area contributed by atoms with Gasteiger partial charge in [-0.05, 0) is 32.2 Å². The lowest BCUT2D eigenvalue weighted by molar-refractivity contribution is -0.142. The number of rotatable bonds is 4. The van der Waals surface area contributed by atoms with Crippen molar-refractivity contribution < 1.29 is 24.5 Å². The molecule has 7 heteroatoms. The van der Waals surface area contributed by atoms with Crippen LogP contribution >= 0.6 is 11.3 Å². The highest BCUT2D eigenvalue weighted by Crippen LogP contribution is 2.22. The monoisotopic (exact) mass is 287 g/mol. The van der Waals surface area contributed by atoms with Gasteiger partial charge in [-0.15, -0.1) is 11.3 Å². The maximum atomic E-state index is 11.5. The van der Waals surface area contributed by atoms with Gasteiger partial charge in [-0.3, -0.25) is 0 Å². The Morgan fingerprint density at radius 2 is 2.05 bits per heavy atom. The second kappa shape index (κ2) is 6.03. The molecule has 0 radical (unpaired) electrons. The highest BCUT2D eigenvalue weighted by Gasteiger charge is 2.31. The Labute approximate surface area is 115 Å². The van der Waals surface area contributed by atoms with Crippen LogP contribution in [0, 0.1) is 0 Å². The van der Waals surface area contributed by atoms with E-state index in [2.05, 4.69) is 5.32 Å². The van der Waals surface area contributed by atoms with Crippen LogP contribution in [0.3, 0.4) is 0 Å². The lowest BCUT2D eigenvalue weighted by atomic mass is 10.1. The molecule has 2 atom stereocenters. The summed E-state index contributed by atoms with van der Waals surface area (Å²) < 4.78 is 4.96. The van der Waals surface area contributed by atoms with E-state index in [4.69, 9.17) is 9.84 Å². The molecule has 0 saturated carbocycles. The zero-order valence-corrected chi connectivity index (χ0v) is 11.7. The summed E-state index contributed by atoms with van der Waals surface area (Å²) in [6.45, 7) is 4.99. The summed E-state index contributed by atoms with van der Waals surface area (Å²) in [4.78, 5) is 23.1. The van der Waals surface area contributed by atoms with Crippen LogP contribution in [0.4, 0.5) is 4.79 Å². The predicted molar refractivity (Wildman–Crippen MR) is 70.1 cm³/mol. The first-order chi connectivity index (χ1) is 8.70. The number of aliphatic hydroxyl groups is 1. The van der Waals surface area contributed by atoms with E-state index in [1.165, 1.54) is 11.3 Å². The van der Waals surface area contributed by atoms with Gasteiger partial charge in [0.25, 0.3) is 0 Å². The third-order valence-electron chi connectivity index (χ3n) is 2.09. The number of hydrogen-bond donors (Lipinski definition) is 3. The number of thiophene rings is 1. The second-order valence-electron chi connectivity index (χ2n) is 4.92. The fourth-order valence-corrected chi connectivity index (χ4v) is 2.08. The third-order valence-corrected chi connectivity index (χ3v) is 3.03. The molecule has 1 heterocycles. The Kier molecular flexibility index (Phi) is 4.90. The number of carbonyl (C=O) groups excluding carboxylic acids is 1. The Bertz CT molecular complexity index is 437. The molecule has 1 aromatic rings. The Hall–Kier alpha value is -1.60. The minimum atomic E-state index is -1.45. The first kappa shape index (κ1) is 15.5. The average molecular weight is 287 g/mol. The van der Waals surface area contributed by atoms with Crippen molar-refractivity contribution in [2.75, 3.05) is 0 Å². The van der Waals surface area contributed by atoms with Crippen LogP contribution < -0.4 is 5.32 Å². The van der Waals surface area contributed by atoms with Crippen LogP contribution in [0.2, 0.25) is 0 Å². The standard InChI is InChI=1S/C12H17NO5S/c1-12(2,3)18-11(17)13-8(10(15)16)9(14)7-5-4-6-19-7/h4-6,8-9,14H,1-3H3,(H,13,17)(H,15,16)/t8-,9+/m1/s1. The Morgan fingerprint density at radius 3 is 2.47 bits per heavy atom. The SMILES string of the molecule is CC(C)(C)OC(=O)N[C@@H](C(=O)O)[C@@H](O)c1cccs1. The number of carboxylic acid groups (broad SMARTS) is 1. The molecule has 0 unspecified atom stereocenters. The van der Waals surface area contributed by atoms with Crippen molar-refractivity contribution in [1.82, 2.24) is 5.32 Å². The summed E-state index contributed by atoms with van der Waals surface area (Å²) in [6, 6.07) is 1.84. The van der Waals surface area contributed by atoms with Crippen LogP contribution in [0.25, 0.3) is 0 Å². The Balaban J connectivity index is 2.74. The van der Waals surface area contributed by atoms with Gasteiger partial charge < -0.3 is 20.3 Å². The van der Waals surface area contributed by atoms with E-state index in [0.717, 1.165) is 0 Å². The summed E-state index contributed by atoms with van der Waals surface area (Å²) in [5.41, 5.74) is -0.735. The van der Waals surface area contributed by atoms with Gasteiger partial charge >= 0.3 is 12.1 Å². The summed E-state index contributed by atoms with van der Waals surface area (Å²) >= 11 is 1.21. The molecule has 0 aliphatic rings. The van der Waals surface area contributed by atoms with E-state index in [-0.39, 0.29) is 0 Å². The van der Waals surface area contributed by atoms with Gasteiger partial charge in [0.15, 0.2) is 6.04 Å². The van der Waals surface area contributed by atoms with Gasteiger partial charge in [0.05, 0.1) is 0 Å². The molecule has 1 aromatic heterocycles. The number of alkyl carbamates (subject to hydrolysis) is 1. The molecule has 0 fully saturated rings. The van der Waals surface area contributed by atoms with E-state index in [1.807, 2.05) is 0 Å². The summed E-state index contributed by atoms with van der Waals surface area (Å²) in [7, 11) is 0. The number of carbonyl (C=O) groups is 2. The molecule has 1 rings (SSSR count). The van der Waals surface area contributed by atoms with Crippen molar-refractivity contribution in [2.24, 2.45) is 0 Å². The molecule has 0 aromatic carbocycles. The number of hydrogen-bond acceptors (Lipinski definition) is 5. The van der Waals surface area contributed by atoms with Crippen LogP contribution in [0.5, 0.6) is 0 Å². The highest BCUT2D eigenvalue weighted by molar-refractivity contribution is 7.10. The quantitative estimate of drug-likeness (QED) is 0.784. The molecular weight excluding hydrogens is 270 g/mol. The van der Waals surface area contributed by atoms with Gasteiger partial charge in [0.2, 0.25) is 0 Å². The van der Waals surface area contributed by atoms with E-state index in [0.29, 0.717) is 4.88 Å². The number of carboxylic acids is 1. The summed E-state index contributed by atoms with van der Waals surface area (Å²) in [6.07, 6.45) is -2.19. The van der Waals surface area contributed by atoms with Crippen LogP contribution in [-0.2, 0) is 9.53 Å². The van der Waals surface area contributed by atoms with Crippen molar-refractivity contribution in [3.63, 3.8) is 0 Å². The lowest BCUT2D eigenvalue weighted by Gasteiger charge is -2.23. The van der Waals surface area contributed by atoms with Gasteiger partial charge in [-0.1, -0.05) is 6.07 Å². The number of ether oxygens (including phenoxy) is 1. The van der Waals surface area contributed by atoms with E-state index < -0.39 is 29.8 Å². The predicted octanol–water partition coefficient (Wildman–Crippen LogP) is 1.76. The molecule has 0 aliphatic carbocycles. The van der Waals surface area contributed by atoms with Crippen molar-refractivity contribution in [3.8, 4) is 0 Å². The maximum absolute atomic E-state index is 11.5. The van der Waals surface area contributed by atoms with Crippen LogP contribution in [-0.4, -0.2) is 33.9 Å². The average Bonchev–Trinajstić information content (AvgIpc) is 2.75. The molecule has 0 bridgehead atoms. The minimum Gasteiger partial charge on any atom is -0.480 e. The van der Waals surface area contributed by atoms with Crippen molar-refractivity contribution in [2.45, 2.75) is 38.5 Å². The van der Waals surface area contributed by atoms with Crippen LogP contribution in [0.15, 0.2) is 17.5 Å². The number of amides is 1. The molecule has 0 spiro atoms. The van der Waals surface area contributed by atoms with Gasteiger partial charge in [0.1, 0.15) is 11.7 Å². The second-order valence-corrected chi connectivity index (χ2v) is 5.90. The smallest absolute Gasteiger partial charge is 0.408 e. The Morgan fingerprint density at radius 1 is 1.42 bits per heavy atom. The molecule has 3 N–H and O–H groups in total. The largest absolute Gasteiger partial charge is 0.480 e. The van der Waals surface area contributed by atoms with E-state index in [9.17, 15) is 14.7 Å². The third kappa shape index (κ3) is 4.88. The van der Waals surface area contributed by atoms with E-state index in [1.54, 1.807) is 38.3 Å². The number of nitrogens with one attached hydrogen (secondary N) is 1. The van der Waals surface area contributed by atoms with Gasteiger partial charge in [0, 0.05) is 4.88 Å². The van der Waals surface area contributed by atoms with E-state index >= 15 is 0 Å². The molecule has 106 valence electrons. The topological polar surface area (TPSA) is 95.9 Å². The van der Waals surface area contributed by atoms with Crippen molar-refractivity contribution in [3.05, 3.63) is 22.4 Å². The molecular formula is C12H17NO5S. The van der Waals surface area contributed by atoms with Crippen molar-refractivity contribution >= 4 is 23.4 Å². The fourth-order valence-electron chi connectivity index (χ4n) is 1.33. The maximum Gasteiger partial charge on any atom is 0.408 e. The van der Waals surface area contributed by atoms with Crippen LogP contribution in [0.1, 0.15) is 31.8 Å². The fraction of sp³-hybridized carbons (Fsp3) is 0.500. The zero-order chi connectivity index (χ0) is 14.6. The summed E-state index contributed by atoms with van der Waals surface area (Å²) in [5.74, 6) is -1.33.